The third kappa shape index (κ3) is 2.21. The van der Waals surface area contributed by atoms with Crippen LogP contribution >= 0.6 is 0 Å². The Labute approximate surface area is 89.0 Å². The number of nitrogens with two attached hydrogens (primary N) is 1. The van der Waals surface area contributed by atoms with Crippen molar-refractivity contribution < 1.29 is 9.21 Å². The molecule has 4 nitrogen and oxygen atoms in total. The van der Waals surface area contributed by atoms with Crippen LogP contribution in [0.4, 0.5) is 0 Å². The molecule has 1 heterocycles. The Hall–Kier alpha value is -1.29. The van der Waals surface area contributed by atoms with Gasteiger partial charge in [-0.1, -0.05) is 0 Å². The molecule has 2 rings (SSSR count). The zero-order valence-corrected chi connectivity index (χ0v) is 9.06. The van der Waals surface area contributed by atoms with E-state index in [-0.39, 0.29) is 17.9 Å². The molecule has 0 bridgehead atoms. The minimum Gasteiger partial charge on any atom is -0.464 e. The highest BCUT2D eigenvalue weighted by Gasteiger charge is 2.41. The Morgan fingerprint density at radius 1 is 1.67 bits per heavy atom. The lowest BCUT2D eigenvalue weighted by atomic mass is 10.3. The SMILES string of the molecule is Cc1ccc(CN(C)C(=O)C2CC2N)o1. The van der Waals surface area contributed by atoms with Gasteiger partial charge in [-0.25, -0.2) is 0 Å². The average molecular weight is 208 g/mol. The molecule has 1 aromatic heterocycles. The number of furan rings is 1. The maximum absolute atomic E-state index is 11.7. The molecule has 0 aromatic carbocycles. The van der Waals surface area contributed by atoms with E-state index in [0.717, 1.165) is 17.9 Å². The Morgan fingerprint density at radius 3 is 2.80 bits per heavy atom. The van der Waals surface area contributed by atoms with Crippen molar-refractivity contribution >= 4 is 5.91 Å². The van der Waals surface area contributed by atoms with Crippen LogP contribution in [-0.2, 0) is 11.3 Å². The van der Waals surface area contributed by atoms with Gasteiger partial charge in [0.2, 0.25) is 5.91 Å². The second kappa shape index (κ2) is 3.70. The first kappa shape index (κ1) is 10.2. The number of amides is 1. The molecular weight excluding hydrogens is 192 g/mol. The van der Waals surface area contributed by atoms with Gasteiger partial charge in [0.1, 0.15) is 11.5 Å². The van der Waals surface area contributed by atoms with E-state index >= 15 is 0 Å². The van der Waals surface area contributed by atoms with Gasteiger partial charge in [-0.05, 0) is 25.5 Å². The quantitative estimate of drug-likeness (QED) is 0.802. The lowest BCUT2D eigenvalue weighted by Gasteiger charge is -2.15. The van der Waals surface area contributed by atoms with Crippen LogP contribution < -0.4 is 5.73 Å². The third-order valence-electron chi connectivity index (χ3n) is 2.72. The van der Waals surface area contributed by atoms with E-state index in [0.29, 0.717) is 6.54 Å². The highest BCUT2D eigenvalue weighted by molar-refractivity contribution is 5.82. The van der Waals surface area contributed by atoms with E-state index in [9.17, 15) is 4.79 Å². The molecule has 1 aliphatic rings. The standard InChI is InChI=1S/C11H16N2O2/c1-7-3-4-8(15-7)6-13(2)11(14)9-5-10(9)12/h3-4,9-10H,5-6,12H2,1-2H3. The fraction of sp³-hybridized carbons (Fsp3) is 0.545. The van der Waals surface area contributed by atoms with Gasteiger partial charge in [0, 0.05) is 13.1 Å². The zero-order chi connectivity index (χ0) is 11.0. The van der Waals surface area contributed by atoms with E-state index in [4.69, 9.17) is 10.2 Å². The van der Waals surface area contributed by atoms with Crippen LogP contribution in [0.3, 0.4) is 0 Å². The molecule has 1 fully saturated rings. The fourth-order valence-corrected chi connectivity index (χ4v) is 1.66. The number of carbonyl (C=O) groups is 1. The maximum Gasteiger partial charge on any atom is 0.227 e. The maximum atomic E-state index is 11.7. The number of nitrogens with zero attached hydrogens (tertiary/aromatic N) is 1. The normalized spacial score (nSPS) is 23.9. The summed E-state index contributed by atoms with van der Waals surface area (Å²) in [5, 5.41) is 0. The van der Waals surface area contributed by atoms with Crippen LogP contribution in [0.5, 0.6) is 0 Å². The van der Waals surface area contributed by atoms with E-state index in [1.165, 1.54) is 0 Å². The molecule has 0 saturated heterocycles. The number of carbonyl (C=O) groups excluding carboxylic acids is 1. The molecule has 1 saturated carbocycles. The Kier molecular flexibility index (Phi) is 2.52. The van der Waals surface area contributed by atoms with Crippen LogP contribution in [0.15, 0.2) is 16.5 Å². The van der Waals surface area contributed by atoms with Gasteiger partial charge in [-0.3, -0.25) is 4.79 Å². The smallest absolute Gasteiger partial charge is 0.227 e. The Bertz CT molecular complexity index is 372. The summed E-state index contributed by atoms with van der Waals surface area (Å²) < 4.78 is 5.41. The van der Waals surface area contributed by atoms with Gasteiger partial charge in [0.25, 0.3) is 0 Å². The molecule has 2 atom stereocenters. The third-order valence-corrected chi connectivity index (χ3v) is 2.72. The van der Waals surface area contributed by atoms with Crippen LogP contribution in [0.25, 0.3) is 0 Å². The monoisotopic (exact) mass is 208 g/mol. The lowest BCUT2D eigenvalue weighted by Crippen LogP contribution is -2.29. The predicted molar refractivity (Wildman–Crippen MR) is 56.0 cm³/mol. The molecule has 4 heteroatoms. The van der Waals surface area contributed by atoms with Crippen molar-refractivity contribution in [3.8, 4) is 0 Å². The predicted octanol–water partition coefficient (Wildman–Crippen LogP) is 0.894. The van der Waals surface area contributed by atoms with Crippen molar-refractivity contribution in [2.24, 2.45) is 11.7 Å². The molecule has 2 unspecified atom stereocenters. The highest BCUT2D eigenvalue weighted by Crippen LogP contribution is 2.29. The minimum atomic E-state index is 0.0334. The summed E-state index contributed by atoms with van der Waals surface area (Å²) in [6, 6.07) is 3.86. The summed E-state index contributed by atoms with van der Waals surface area (Å²) in [4.78, 5) is 13.4. The number of aryl methyl sites for hydroxylation is 1. The van der Waals surface area contributed by atoms with Gasteiger partial charge in [-0.2, -0.15) is 0 Å². The highest BCUT2D eigenvalue weighted by atomic mass is 16.3. The van der Waals surface area contributed by atoms with E-state index in [1.54, 1.807) is 11.9 Å². The molecule has 15 heavy (non-hydrogen) atoms. The van der Waals surface area contributed by atoms with Crippen molar-refractivity contribution in [2.75, 3.05) is 7.05 Å². The first-order chi connectivity index (χ1) is 7.08. The van der Waals surface area contributed by atoms with E-state index in [1.807, 2.05) is 19.1 Å². The fourth-order valence-electron chi connectivity index (χ4n) is 1.66. The van der Waals surface area contributed by atoms with Crippen LogP contribution in [0.1, 0.15) is 17.9 Å². The van der Waals surface area contributed by atoms with E-state index < -0.39 is 0 Å². The van der Waals surface area contributed by atoms with Gasteiger partial charge in [0.05, 0.1) is 12.5 Å². The molecule has 0 radical (unpaired) electrons. The van der Waals surface area contributed by atoms with Gasteiger partial charge >= 0.3 is 0 Å². The molecule has 0 spiro atoms. The molecule has 1 amide bonds. The summed E-state index contributed by atoms with van der Waals surface area (Å²) in [6.45, 7) is 2.41. The van der Waals surface area contributed by atoms with Crippen molar-refractivity contribution in [3.63, 3.8) is 0 Å². The van der Waals surface area contributed by atoms with Crippen LogP contribution in [-0.4, -0.2) is 23.9 Å². The summed E-state index contributed by atoms with van der Waals surface area (Å²) >= 11 is 0. The Morgan fingerprint density at radius 2 is 2.33 bits per heavy atom. The van der Waals surface area contributed by atoms with E-state index in [2.05, 4.69) is 0 Å². The average Bonchev–Trinajstić information content (AvgIpc) is 2.77. The largest absolute Gasteiger partial charge is 0.464 e. The molecular formula is C11H16N2O2. The van der Waals surface area contributed by atoms with Gasteiger partial charge in [0.15, 0.2) is 0 Å². The molecule has 0 aliphatic heterocycles. The second-order valence-electron chi connectivity index (χ2n) is 4.21. The number of hydrogen-bond donors (Lipinski definition) is 1. The van der Waals surface area contributed by atoms with Crippen molar-refractivity contribution in [3.05, 3.63) is 23.7 Å². The lowest BCUT2D eigenvalue weighted by molar-refractivity contribution is -0.132. The zero-order valence-electron chi connectivity index (χ0n) is 9.06. The Balaban J connectivity index is 1.92. The summed E-state index contributed by atoms with van der Waals surface area (Å²) in [6.07, 6.45) is 0.820. The molecule has 1 aromatic rings. The van der Waals surface area contributed by atoms with Gasteiger partial charge < -0.3 is 15.1 Å². The summed E-state index contributed by atoms with van der Waals surface area (Å²) in [5.74, 6) is 1.84. The minimum absolute atomic E-state index is 0.0334. The van der Waals surface area contributed by atoms with Crippen molar-refractivity contribution in [1.82, 2.24) is 4.90 Å². The molecule has 2 N–H and O–H groups in total. The molecule has 1 aliphatic carbocycles. The first-order valence-electron chi connectivity index (χ1n) is 5.14. The number of rotatable bonds is 3. The van der Waals surface area contributed by atoms with Crippen molar-refractivity contribution in [1.29, 1.82) is 0 Å². The first-order valence-corrected chi connectivity index (χ1v) is 5.14. The van der Waals surface area contributed by atoms with Crippen molar-refractivity contribution in [2.45, 2.75) is 25.9 Å². The summed E-state index contributed by atoms with van der Waals surface area (Å²) in [5.41, 5.74) is 5.63. The molecule has 82 valence electrons. The second-order valence-corrected chi connectivity index (χ2v) is 4.21. The summed E-state index contributed by atoms with van der Waals surface area (Å²) in [7, 11) is 1.78. The van der Waals surface area contributed by atoms with Crippen LogP contribution in [0, 0.1) is 12.8 Å². The number of hydrogen-bond acceptors (Lipinski definition) is 3. The van der Waals surface area contributed by atoms with Crippen LogP contribution in [0.2, 0.25) is 0 Å². The topological polar surface area (TPSA) is 59.5 Å². The van der Waals surface area contributed by atoms with Gasteiger partial charge in [-0.15, -0.1) is 0 Å².